The lowest BCUT2D eigenvalue weighted by atomic mass is 9.94. The zero-order valence-electron chi connectivity index (χ0n) is 33.2. The van der Waals surface area contributed by atoms with Crippen molar-refractivity contribution < 1.29 is 28.7 Å². The lowest BCUT2D eigenvalue weighted by Crippen LogP contribution is -2.44. The van der Waals surface area contributed by atoms with Gasteiger partial charge in [0.1, 0.15) is 23.5 Å². The number of methoxy groups -OCH3 is 2. The molecule has 294 valence electrons. The first kappa shape index (κ1) is 40.2. The van der Waals surface area contributed by atoms with E-state index in [0.717, 1.165) is 96.1 Å². The summed E-state index contributed by atoms with van der Waals surface area (Å²) in [6, 6.07) is 14.5. The number of aryl methyl sites for hydroxylation is 2. The maximum absolute atomic E-state index is 13.5. The minimum absolute atomic E-state index is 0.217. The number of anilines is 2. The summed E-state index contributed by atoms with van der Waals surface area (Å²) in [7, 11) is 2.85. The van der Waals surface area contributed by atoms with Crippen molar-refractivity contribution in [3.63, 3.8) is 0 Å². The number of piperidine rings is 2. The molecule has 2 N–H and O–H groups in total. The first-order valence-electron chi connectivity index (χ1n) is 19.4. The first-order valence-corrected chi connectivity index (χ1v) is 19.4. The van der Waals surface area contributed by atoms with Crippen LogP contribution in [0.4, 0.5) is 11.4 Å². The molecule has 4 aromatic rings. The number of amides is 2. The van der Waals surface area contributed by atoms with Gasteiger partial charge in [0.15, 0.2) is 0 Å². The summed E-state index contributed by atoms with van der Waals surface area (Å²) in [5.41, 5.74) is 9.25. The zero-order valence-corrected chi connectivity index (χ0v) is 33.2. The van der Waals surface area contributed by atoms with E-state index in [9.17, 15) is 19.2 Å². The molecule has 2 aromatic heterocycles. The number of ether oxygens (including phenoxy) is 2. The molecule has 6 rings (SSSR count). The second-order valence-electron chi connectivity index (χ2n) is 14.9. The van der Waals surface area contributed by atoms with Gasteiger partial charge in [-0.2, -0.15) is 0 Å². The van der Waals surface area contributed by atoms with Crippen LogP contribution in [0, 0.1) is 27.7 Å². The average Bonchev–Trinajstić information content (AvgIpc) is 3.20. The third kappa shape index (κ3) is 8.98. The molecular formula is C44H52N6O6. The van der Waals surface area contributed by atoms with Gasteiger partial charge >= 0.3 is 11.9 Å². The Hall–Kier alpha value is -5.46. The van der Waals surface area contributed by atoms with E-state index in [2.05, 4.69) is 30.4 Å². The van der Waals surface area contributed by atoms with E-state index < -0.39 is 0 Å². The number of rotatable bonds is 11. The van der Waals surface area contributed by atoms with E-state index in [0.29, 0.717) is 35.9 Å². The standard InChI is InChI=1S/C44H52N6O6/c1-27-21-37(45-23-31(27)25-49-19-9-7-17-39(49)43(53)55-5)41(51)47-35-15-11-13-33(29(35)3)34-14-12-16-36(30(34)4)48-42(52)38-22-28(2)32(24-46-38)26-50-20-10-8-18-40(50)44(54)56-6/h11-16,21-24,39-40H,7-10,17-20,25-26H2,1-6H3,(H,47,51)(H,48,52)/t39-,40-/m0/s1. The average molecular weight is 761 g/mol. The van der Waals surface area contributed by atoms with E-state index >= 15 is 0 Å². The quantitative estimate of drug-likeness (QED) is 0.155. The minimum Gasteiger partial charge on any atom is -0.468 e. The summed E-state index contributed by atoms with van der Waals surface area (Å²) in [5, 5.41) is 6.10. The summed E-state index contributed by atoms with van der Waals surface area (Å²) in [5.74, 6) is -1.08. The normalized spacial score (nSPS) is 17.5. The van der Waals surface area contributed by atoms with Crippen molar-refractivity contribution in [3.8, 4) is 11.1 Å². The highest BCUT2D eigenvalue weighted by atomic mass is 16.5. The molecule has 0 radical (unpaired) electrons. The van der Waals surface area contributed by atoms with Crippen LogP contribution in [0.2, 0.25) is 0 Å². The van der Waals surface area contributed by atoms with Gasteiger partial charge in [-0.1, -0.05) is 37.1 Å². The molecule has 2 atom stereocenters. The van der Waals surface area contributed by atoms with Crippen molar-refractivity contribution in [2.24, 2.45) is 0 Å². The number of hydrogen-bond donors (Lipinski definition) is 2. The molecule has 2 aliphatic heterocycles. The van der Waals surface area contributed by atoms with Crippen molar-refractivity contribution in [2.45, 2.75) is 91.4 Å². The van der Waals surface area contributed by atoms with Crippen LogP contribution in [-0.2, 0) is 32.2 Å². The topological polar surface area (TPSA) is 143 Å². The predicted molar refractivity (Wildman–Crippen MR) is 215 cm³/mol. The Bertz CT molecular complexity index is 1970. The van der Waals surface area contributed by atoms with Crippen LogP contribution in [0.25, 0.3) is 11.1 Å². The van der Waals surface area contributed by atoms with E-state index in [4.69, 9.17) is 9.47 Å². The summed E-state index contributed by atoms with van der Waals surface area (Å²) < 4.78 is 10.1. The van der Waals surface area contributed by atoms with Gasteiger partial charge in [-0.15, -0.1) is 0 Å². The highest BCUT2D eigenvalue weighted by molar-refractivity contribution is 6.05. The third-order valence-corrected chi connectivity index (χ3v) is 11.3. The first-order chi connectivity index (χ1) is 27.0. The molecule has 2 fully saturated rings. The molecule has 0 saturated carbocycles. The number of carbonyl (C=O) groups excluding carboxylic acids is 4. The Labute approximate surface area is 329 Å². The highest BCUT2D eigenvalue weighted by Gasteiger charge is 2.31. The number of esters is 2. The van der Waals surface area contributed by atoms with Crippen LogP contribution in [0.15, 0.2) is 60.9 Å². The van der Waals surface area contributed by atoms with E-state index in [1.165, 1.54) is 14.2 Å². The number of carbonyl (C=O) groups is 4. The van der Waals surface area contributed by atoms with Crippen molar-refractivity contribution in [1.82, 2.24) is 19.8 Å². The van der Waals surface area contributed by atoms with Crippen LogP contribution in [0.5, 0.6) is 0 Å². The van der Waals surface area contributed by atoms with Gasteiger partial charge in [-0.05, 0) is 135 Å². The van der Waals surface area contributed by atoms with Crippen molar-refractivity contribution in [2.75, 3.05) is 37.9 Å². The number of nitrogens with one attached hydrogen (secondary N) is 2. The Morgan fingerprint density at radius 3 is 1.43 bits per heavy atom. The fourth-order valence-electron chi connectivity index (χ4n) is 7.85. The molecule has 4 heterocycles. The molecule has 2 amide bonds. The third-order valence-electron chi connectivity index (χ3n) is 11.3. The SMILES string of the molecule is COC(=O)[C@@H]1CCCCN1Cc1cnc(C(=O)Nc2cccc(-c3cccc(NC(=O)c4cc(C)c(CN5CCCC[C@H]5C(=O)OC)cn4)c3C)c2C)cc1C. The van der Waals surface area contributed by atoms with Gasteiger partial charge in [0, 0.05) is 36.9 Å². The maximum Gasteiger partial charge on any atom is 0.323 e. The van der Waals surface area contributed by atoms with Gasteiger partial charge in [0.05, 0.1) is 14.2 Å². The lowest BCUT2D eigenvalue weighted by molar-refractivity contribution is -0.149. The molecule has 56 heavy (non-hydrogen) atoms. The minimum atomic E-state index is -0.323. The van der Waals surface area contributed by atoms with Gasteiger partial charge in [-0.3, -0.25) is 38.9 Å². The van der Waals surface area contributed by atoms with Crippen LogP contribution in [-0.4, -0.2) is 82.9 Å². The van der Waals surface area contributed by atoms with Gasteiger partial charge in [-0.25, -0.2) is 0 Å². The number of nitrogens with zero attached hydrogens (tertiary/aromatic N) is 4. The number of hydrogen-bond acceptors (Lipinski definition) is 10. The zero-order chi connectivity index (χ0) is 39.9. The van der Waals surface area contributed by atoms with Gasteiger partial charge in [0.25, 0.3) is 11.8 Å². The van der Waals surface area contributed by atoms with Crippen LogP contribution in [0.3, 0.4) is 0 Å². The molecule has 12 heteroatoms. The van der Waals surface area contributed by atoms with Crippen molar-refractivity contribution in [3.05, 3.63) is 106 Å². The Balaban J connectivity index is 1.13. The lowest BCUT2D eigenvalue weighted by Gasteiger charge is -2.33. The van der Waals surface area contributed by atoms with Crippen molar-refractivity contribution in [1.29, 1.82) is 0 Å². The van der Waals surface area contributed by atoms with Crippen LogP contribution in [0.1, 0.15) is 92.9 Å². The molecule has 0 unspecified atom stereocenters. The second-order valence-corrected chi connectivity index (χ2v) is 14.9. The van der Waals surface area contributed by atoms with E-state index in [1.54, 1.807) is 24.5 Å². The fourth-order valence-corrected chi connectivity index (χ4v) is 7.85. The second kappa shape index (κ2) is 18.0. The highest BCUT2D eigenvalue weighted by Crippen LogP contribution is 2.34. The largest absolute Gasteiger partial charge is 0.468 e. The number of aromatic nitrogens is 2. The molecule has 0 bridgehead atoms. The Morgan fingerprint density at radius 1 is 0.643 bits per heavy atom. The molecular weight excluding hydrogens is 709 g/mol. The molecule has 2 aliphatic rings. The van der Waals surface area contributed by atoms with Crippen LogP contribution >= 0.6 is 0 Å². The number of pyridine rings is 2. The van der Waals surface area contributed by atoms with Gasteiger partial charge < -0.3 is 20.1 Å². The number of likely N-dealkylation sites (tertiary alicyclic amines) is 2. The number of benzene rings is 2. The monoisotopic (exact) mass is 760 g/mol. The molecule has 0 aliphatic carbocycles. The summed E-state index contributed by atoms with van der Waals surface area (Å²) in [6.45, 7) is 10.5. The predicted octanol–water partition coefficient (Wildman–Crippen LogP) is 6.94. The summed E-state index contributed by atoms with van der Waals surface area (Å²) >= 11 is 0. The molecule has 12 nitrogen and oxygen atoms in total. The van der Waals surface area contributed by atoms with Crippen molar-refractivity contribution >= 4 is 35.1 Å². The Morgan fingerprint density at radius 2 is 1.05 bits per heavy atom. The van der Waals surface area contributed by atoms with E-state index in [1.807, 2.05) is 64.1 Å². The molecule has 0 spiro atoms. The van der Waals surface area contributed by atoms with Gasteiger partial charge in [0.2, 0.25) is 0 Å². The van der Waals surface area contributed by atoms with E-state index in [-0.39, 0.29) is 35.8 Å². The smallest absolute Gasteiger partial charge is 0.323 e. The summed E-state index contributed by atoms with van der Waals surface area (Å²) in [6.07, 6.45) is 9.00. The maximum atomic E-state index is 13.5. The Kier molecular flexibility index (Phi) is 12.9. The molecule has 2 saturated heterocycles. The fraction of sp³-hybridized carbons (Fsp3) is 0.409. The molecule has 2 aromatic carbocycles. The van der Waals surface area contributed by atoms with Crippen LogP contribution < -0.4 is 10.6 Å². The summed E-state index contributed by atoms with van der Waals surface area (Å²) in [4.78, 5) is 65.0.